The van der Waals surface area contributed by atoms with Gasteiger partial charge in [0.1, 0.15) is 4.83 Å². The molecule has 4 rings (SSSR count). The van der Waals surface area contributed by atoms with Gasteiger partial charge >= 0.3 is 0 Å². The van der Waals surface area contributed by atoms with Crippen LogP contribution in [0.25, 0.3) is 10.2 Å². The summed E-state index contributed by atoms with van der Waals surface area (Å²) in [6.07, 6.45) is 2.55. The molecule has 28 heavy (non-hydrogen) atoms. The molecular formula is C21H25ClN4OS. The number of carbonyl (C=O) groups excluding carboxylic acids is 1. The number of nitrogens with zero attached hydrogens (tertiary/aromatic N) is 4. The van der Waals surface area contributed by atoms with E-state index in [0.29, 0.717) is 6.54 Å². The van der Waals surface area contributed by atoms with Crippen LogP contribution >= 0.6 is 22.9 Å². The molecule has 0 radical (unpaired) electrons. The zero-order chi connectivity index (χ0) is 19.7. The van der Waals surface area contributed by atoms with E-state index in [-0.39, 0.29) is 5.91 Å². The van der Waals surface area contributed by atoms with Crippen molar-refractivity contribution >= 4 is 39.1 Å². The molecule has 0 spiro atoms. The second kappa shape index (κ2) is 8.23. The van der Waals surface area contributed by atoms with Crippen molar-refractivity contribution in [2.75, 3.05) is 33.2 Å². The van der Waals surface area contributed by atoms with Crippen LogP contribution in [0.4, 0.5) is 0 Å². The first-order valence-electron chi connectivity index (χ1n) is 9.71. The minimum Gasteiger partial charge on any atom is -0.340 e. The highest BCUT2D eigenvalue weighted by atomic mass is 35.5. The summed E-state index contributed by atoms with van der Waals surface area (Å²) in [6.45, 7) is 6.61. The average Bonchev–Trinajstić information content (AvgIpc) is 3.41. The Morgan fingerprint density at radius 2 is 2.04 bits per heavy atom. The fourth-order valence-corrected chi connectivity index (χ4v) is 5.05. The van der Waals surface area contributed by atoms with Crippen LogP contribution in [0.5, 0.6) is 0 Å². The topological polar surface area (TPSA) is 41.4 Å². The normalized spacial score (nSPS) is 14.8. The van der Waals surface area contributed by atoms with Crippen LogP contribution in [0.3, 0.4) is 0 Å². The van der Waals surface area contributed by atoms with Gasteiger partial charge in [-0.3, -0.25) is 9.48 Å². The van der Waals surface area contributed by atoms with E-state index in [4.69, 9.17) is 11.6 Å². The summed E-state index contributed by atoms with van der Waals surface area (Å²) >= 11 is 7.83. The molecule has 1 saturated heterocycles. The minimum absolute atomic E-state index is 0.0871. The van der Waals surface area contributed by atoms with E-state index in [9.17, 15) is 4.79 Å². The van der Waals surface area contributed by atoms with E-state index in [2.05, 4.69) is 10.00 Å². The number of benzene rings is 1. The van der Waals surface area contributed by atoms with Crippen LogP contribution in [-0.2, 0) is 6.54 Å². The maximum Gasteiger partial charge on any atom is 0.263 e. The van der Waals surface area contributed by atoms with Crippen molar-refractivity contribution in [2.24, 2.45) is 0 Å². The van der Waals surface area contributed by atoms with Gasteiger partial charge in [0.2, 0.25) is 0 Å². The highest BCUT2D eigenvalue weighted by molar-refractivity contribution is 7.20. The third-order valence-electron chi connectivity index (χ3n) is 5.39. The molecule has 7 heteroatoms. The molecule has 1 amide bonds. The largest absolute Gasteiger partial charge is 0.340 e. The van der Waals surface area contributed by atoms with Gasteiger partial charge in [-0.05, 0) is 50.6 Å². The maximum absolute atomic E-state index is 12.9. The number of hydrogen-bond acceptors (Lipinski definition) is 4. The fourth-order valence-electron chi connectivity index (χ4n) is 3.70. The number of amides is 1. The number of carbonyl (C=O) groups is 1. The summed E-state index contributed by atoms with van der Waals surface area (Å²) in [5.74, 6) is 0.0871. The minimum atomic E-state index is 0.0871. The van der Waals surface area contributed by atoms with Crippen molar-refractivity contribution in [3.63, 3.8) is 0 Å². The molecule has 3 aromatic rings. The summed E-state index contributed by atoms with van der Waals surface area (Å²) in [4.78, 5) is 19.0. The van der Waals surface area contributed by atoms with E-state index in [1.54, 1.807) is 0 Å². The van der Waals surface area contributed by atoms with Crippen LogP contribution < -0.4 is 0 Å². The molecule has 1 aliphatic heterocycles. The lowest BCUT2D eigenvalue weighted by Crippen LogP contribution is -2.34. The highest BCUT2D eigenvalue weighted by Crippen LogP contribution is 2.30. The van der Waals surface area contributed by atoms with Crippen molar-refractivity contribution < 1.29 is 4.79 Å². The molecular weight excluding hydrogens is 392 g/mol. The summed E-state index contributed by atoms with van der Waals surface area (Å²) in [7, 11) is 1.89. The van der Waals surface area contributed by atoms with Gasteiger partial charge in [-0.2, -0.15) is 5.10 Å². The van der Waals surface area contributed by atoms with Crippen LogP contribution in [0.2, 0.25) is 5.02 Å². The lowest BCUT2D eigenvalue weighted by molar-refractivity contribution is 0.0787. The second-order valence-corrected chi connectivity index (χ2v) is 8.88. The molecule has 3 heterocycles. The number of thiophene rings is 1. The first-order valence-corrected chi connectivity index (χ1v) is 10.9. The number of rotatable bonds is 6. The van der Waals surface area contributed by atoms with Crippen LogP contribution in [0.15, 0.2) is 30.3 Å². The number of hydrogen-bond donors (Lipinski definition) is 0. The van der Waals surface area contributed by atoms with E-state index < -0.39 is 0 Å². The molecule has 0 atom stereocenters. The molecule has 148 valence electrons. The van der Waals surface area contributed by atoms with Crippen molar-refractivity contribution in [3.8, 4) is 0 Å². The molecule has 5 nitrogen and oxygen atoms in total. The Bertz CT molecular complexity index is 990. The van der Waals surface area contributed by atoms with E-state index in [0.717, 1.165) is 57.6 Å². The van der Waals surface area contributed by atoms with Gasteiger partial charge in [-0.15, -0.1) is 11.3 Å². The number of fused-ring (bicyclic) bond motifs is 1. The van der Waals surface area contributed by atoms with Crippen molar-refractivity contribution in [3.05, 3.63) is 51.5 Å². The monoisotopic (exact) mass is 416 g/mol. The van der Waals surface area contributed by atoms with Gasteiger partial charge in [0.25, 0.3) is 5.91 Å². The Hall–Kier alpha value is -1.89. The Balaban J connectivity index is 1.52. The summed E-state index contributed by atoms with van der Waals surface area (Å²) in [6, 6.07) is 9.80. The number of aromatic nitrogens is 2. The van der Waals surface area contributed by atoms with Gasteiger partial charge in [-0.25, -0.2) is 0 Å². The summed E-state index contributed by atoms with van der Waals surface area (Å²) < 4.78 is 1.96. The standard InChI is InChI=1S/C21H25ClN4OS/c1-15-17-13-19(20(27)24(2)11-12-25-9-5-6-10-25)28-21(17)26(23-15)14-16-7-3-4-8-18(16)22/h3-4,7-8,13H,5-6,9-12,14H2,1-2H3. The Labute approximate surface area is 174 Å². The van der Waals surface area contributed by atoms with E-state index in [1.165, 1.54) is 24.2 Å². The van der Waals surface area contributed by atoms with Gasteiger partial charge in [0.15, 0.2) is 0 Å². The molecule has 1 aromatic carbocycles. The lowest BCUT2D eigenvalue weighted by Gasteiger charge is -2.21. The van der Waals surface area contributed by atoms with E-state index in [1.807, 2.05) is 53.9 Å². The lowest BCUT2D eigenvalue weighted by atomic mass is 10.2. The van der Waals surface area contributed by atoms with Crippen molar-refractivity contribution in [1.29, 1.82) is 0 Å². The Kier molecular flexibility index (Phi) is 5.71. The molecule has 2 aromatic heterocycles. The molecule has 0 aliphatic carbocycles. The van der Waals surface area contributed by atoms with Gasteiger partial charge < -0.3 is 9.80 Å². The number of halogens is 1. The Morgan fingerprint density at radius 3 is 2.79 bits per heavy atom. The summed E-state index contributed by atoms with van der Waals surface area (Å²) in [5.41, 5.74) is 1.97. The smallest absolute Gasteiger partial charge is 0.263 e. The molecule has 0 saturated carbocycles. The first-order chi connectivity index (χ1) is 13.5. The summed E-state index contributed by atoms with van der Waals surface area (Å²) in [5, 5.41) is 6.44. The second-order valence-electron chi connectivity index (χ2n) is 7.44. The third-order valence-corrected chi connectivity index (χ3v) is 6.90. The molecule has 0 N–H and O–H groups in total. The predicted octanol–water partition coefficient (Wildman–Crippen LogP) is 4.28. The van der Waals surface area contributed by atoms with Crippen LogP contribution in [0, 0.1) is 6.92 Å². The first kappa shape index (κ1) is 19.4. The quantitative estimate of drug-likeness (QED) is 0.602. The van der Waals surface area contributed by atoms with E-state index >= 15 is 0 Å². The highest BCUT2D eigenvalue weighted by Gasteiger charge is 2.20. The SMILES string of the molecule is Cc1nn(Cc2ccccc2Cl)c2sc(C(=O)N(C)CCN3CCCC3)cc12. The zero-order valence-electron chi connectivity index (χ0n) is 16.3. The van der Waals surface area contributed by atoms with Crippen molar-refractivity contribution in [1.82, 2.24) is 19.6 Å². The van der Waals surface area contributed by atoms with Gasteiger partial charge in [-0.1, -0.05) is 29.8 Å². The van der Waals surface area contributed by atoms with Gasteiger partial charge in [0.05, 0.1) is 17.1 Å². The maximum atomic E-state index is 12.9. The number of likely N-dealkylation sites (tertiary alicyclic amines) is 1. The predicted molar refractivity (Wildman–Crippen MR) is 116 cm³/mol. The molecule has 1 aliphatic rings. The molecule has 0 unspecified atom stereocenters. The Morgan fingerprint density at radius 1 is 1.29 bits per heavy atom. The van der Waals surface area contributed by atoms with Gasteiger partial charge in [0, 0.05) is 30.5 Å². The third kappa shape index (κ3) is 3.95. The zero-order valence-corrected chi connectivity index (χ0v) is 17.9. The van der Waals surface area contributed by atoms with Crippen molar-refractivity contribution in [2.45, 2.75) is 26.3 Å². The number of aryl methyl sites for hydroxylation is 1. The van der Waals surface area contributed by atoms with Crippen LogP contribution in [-0.4, -0.2) is 58.7 Å². The molecule has 1 fully saturated rings. The van der Waals surface area contributed by atoms with Crippen LogP contribution in [0.1, 0.15) is 33.8 Å². The fraction of sp³-hybridized carbons (Fsp3) is 0.429. The molecule has 0 bridgehead atoms. The number of likely N-dealkylation sites (N-methyl/N-ethyl adjacent to an activating group) is 1. The average molecular weight is 417 g/mol.